The number of nitrogens with two attached hydrogens (primary N) is 1. The fraction of sp³-hybridized carbons (Fsp3) is 0.364. The molecule has 19 heavy (non-hydrogen) atoms. The van der Waals surface area contributed by atoms with Crippen LogP contribution in [0.1, 0.15) is 17.2 Å². The molecule has 0 aliphatic heterocycles. The smallest absolute Gasteiger partial charge is 0.419 e. The van der Waals surface area contributed by atoms with Gasteiger partial charge in [0.05, 0.1) is 12.7 Å². The summed E-state index contributed by atoms with van der Waals surface area (Å²) in [6.45, 7) is 0. The van der Waals surface area contributed by atoms with Crippen molar-refractivity contribution in [3.63, 3.8) is 0 Å². The van der Waals surface area contributed by atoms with E-state index in [1.165, 1.54) is 0 Å². The zero-order valence-corrected chi connectivity index (χ0v) is 9.81. The van der Waals surface area contributed by atoms with Crippen LogP contribution in [0.25, 0.3) is 0 Å². The van der Waals surface area contributed by atoms with Crippen LogP contribution in [0.3, 0.4) is 0 Å². The molecule has 0 saturated carbocycles. The van der Waals surface area contributed by atoms with E-state index in [1.807, 2.05) is 0 Å². The molecule has 0 aromatic heterocycles. The van der Waals surface area contributed by atoms with Crippen molar-refractivity contribution in [3.8, 4) is 5.75 Å². The van der Waals surface area contributed by atoms with Crippen LogP contribution in [0.15, 0.2) is 18.2 Å². The van der Waals surface area contributed by atoms with Gasteiger partial charge >= 0.3 is 6.18 Å². The number of hydrogen-bond acceptors (Lipinski definition) is 4. The fourth-order valence-corrected chi connectivity index (χ4v) is 1.46. The number of carbonyl (C=O) groups is 1. The van der Waals surface area contributed by atoms with E-state index in [0.29, 0.717) is 6.07 Å². The molecular formula is C11H12F3NO4. The number of methoxy groups -OCH3 is 1. The Morgan fingerprint density at radius 1 is 1.37 bits per heavy atom. The minimum absolute atomic E-state index is 0.115. The van der Waals surface area contributed by atoms with Crippen molar-refractivity contribution in [2.45, 2.75) is 18.4 Å². The molecule has 0 radical (unpaired) electrons. The van der Waals surface area contributed by atoms with Gasteiger partial charge in [0.1, 0.15) is 11.9 Å². The molecule has 1 rings (SSSR count). The topological polar surface area (TPSA) is 92.8 Å². The zero-order valence-electron chi connectivity index (χ0n) is 9.81. The predicted octanol–water partition coefficient (Wildman–Crippen LogP) is 0.594. The van der Waals surface area contributed by atoms with E-state index in [0.717, 1.165) is 19.2 Å². The summed E-state index contributed by atoms with van der Waals surface area (Å²) in [4.78, 5) is 10.7. The second-order valence-corrected chi connectivity index (χ2v) is 3.75. The van der Waals surface area contributed by atoms with E-state index in [1.54, 1.807) is 0 Å². The van der Waals surface area contributed by atoms with E-state index >= 15 is 0 Å². The van der Waals surface area contributed by atoms with Gasteiger partial charge in [0, 0.05) is 0 Å². The summed E-state index contributed by atoms with van der Waals surface area (Å²) in [5.74, 6) is -1.72. The normalized spacial score (nSPS) is 14.8. The van der Waals surface area contributed by atoms with Gasteiger partial charge in [0.2, 0.25) is 5.91 Å². The van der Waals surface area contributed by atoms with Gasteiger partial charge in [-0.25, -0.2) is 0 Å². The molecule has 1 amide bonds. The van der Waals surface area contributed by atoms with E-state index in [2.05, 4.69) is 4.74 Å². The Hall–Kier alpha value is -1.80. The van der Waals surface area contributed by atoms with Crippen LogP contribution in [0.2, 0.25) is 0 Å². The highest BCUT2D eigenvalue weighted by molar-refractivity contribution is 5.79. The second-order valence-electron chi connectivity index (χ2n) is 3.75. The Balaban J connectivity index is 3.17. The Labute approximate surface area is 106 Å². The Bertz CT molecular complexity index is 475. The first kappa shape index (κ1) is 15.3. The molecule has 5 nitrogen and oxygen atoms in total. The lowest BCUT2D eigenvalue weighted by Gasteiger charge is -2.18. The van der Waals surface area contributed by atoms with Crippen LogP contribution in [0, 0.1) is 0 Å². The van der Waals surface area contributed by atoms with Crippen LogP contribution in [-0.4, -0.2) is 29.3 Å². The number of primary amides is 1. The second kappa shape index (κ2) is 5.45. The fourth-order valence-electron chi connectivity index (χ4n) is 1.46. The number of halogens is 3. The molecule has 0 fully saturated rings. The van der Waals surface area contributed by atoms with E-state index in [4.69, 9.17) is 5.73 Å². The number of rotatable bonds is 4. The Morgan fingerprint density at radius 2 is 1.95 bits per heavy atom. The molecule has 1 aromatic carbocycles. The van der Waals surface area contributed by atoms with Gasteiger partial charge in [0.15, 0.2) is 6.10 Å². The molecule has 1 aromatic rings. The van der Waals surface area contributed by atoms with Gasteiger partial charge < -0.3 is 20.7 Å². The summed E-state index contributed by atoms with van der Waals surface area (Å²) in [5, 5.41) is 18.8. The first-order valence-corrected chi connectivity index (χ1v) is 5.09. The van der Waals surface area contributed by atoms with Gasteiger partial charge in [-0.05, 0) is 17.7 Å². The lowest BCUT2D eigenvalue weighted by atomic mass is 10.0. The SMILES string of the molecule is COc1cc(C(O)C(O)C(N)=O)ccc1C(F)(F)F. The van der Waals surface area contributed by atoms with Crippen molar-refractivity contribution in [1.82, 2.24) is 0 Å². The third-order valence-corrected chi connectivity index (χ3v) is 2.46. The van der Waals surface area contributed by atoms with Crippen LogP contribution >= 0.6 is 0 Å². The number of amides is 1. The van der Waals surface area contributed by atoms with Crippen molar-refractivity contribution in [3.05, 3.63) is 29.3 Å². The Morgan fingerprint density at radius 3 is 2.37 bits per heavy atom. The molecule has 0 saturated heterocycles. The third kappa shape index (κ3) is 3.36. The zero-order chi connectivity index (χ0) is 14.8. The summed E-state index contributed by atoms with van der Waals surface area (Å²) in [6, 6.07) is 2.51. The highest BCUT2D eigenvalue weighted by atomic mass is 19.4. The van der Waals surface area contributed by atoms with Gasteiger partial charge in [-0.3, -0.25) is 4.79 Å². The molecule has 106 valence electrons. The van der Waals surface area contributed by atoms with E-state index in [9.17, 15) is 28.2 Å². The maximum atomic E-state index is 12.6. The number of hydrogen-bond donors (Lipinski definition) is 3. The maximum absolute atomic E-state index is 12.6. The van der Waals surface area contributed by atoms with Crippen molar-refractivity contribution in [1.29, 1.82) is 0 Å². The molecule has 4 N–H and O–H groups in total. The summed E-state index contributed by atoms with van der Waals surface area (Å²) in [6.07, 6.45) is -8.26. The molecule has 0 bridgehead atoms. The molecular weight excluding hydrogens is 267 g/mol. The lowest BCUT2D eigenvalue weighted by molar-refractivity contribution is -0.139. The first-order chi connectivity index (χ1) is 8.68. The lowest BCUT2D eigenvalue weighted by Crippen LogP contribution is -2.33. The van der Waals surface area contributed by atoms with Gasteiger partial charge in [-0.2, -0.15) is 13.2 Å². The van der Waals surface area contributed by atoms with E-state index in [-0.39, 0.29) is 5.56 Å². The molecule has 0 aliphatic rings. The summed E-state index contributed by atoms with van der Waals surface area (Å²) < 4.78 is 42.3. The van der Waals surface area contributed by atoms with Crippen molar-refractivity contribution in [2.75, 3.05) is 7.11 Å². The number of benzene rings is 1. The highest BCUT2D eigenvalue weighted by Crippen LogP contribution is 2.37. The summed E-state index contributed by atoms with van der Waals surface area (Å²) in [5.41, 5.74) is 3.64. The quantitative estimate of drug-likeness (QED) is 0.752. The molecule has 0 spiro atoms. The number of aliphatic hydroxyl groups is 2. The molecule has 2 atom stereocenters. The molecule has 2 unspecified atom stereocenters. The largest absolute Gasteiger partial charge is 0.496 e. The van der Waals surface area contributed by atoms with Gasteiger partial charge in [0.25, 0.3) is 0 Å². The molecule has 0 heterocycles. The average molecular weight is 279 g/mol. The number of carbonyl (C=O) groups excluding carboxylic acids is 1. The average Bonchev–Trinajstić information content (AvgIpc) is 2.34. The third-order valence-electron chi connectivity index (χ3n) is 2.46. The number of alkyl halides is 3. The van der Waals surface area contributed by atoms with Crippen LogP contribution in [0.4, 0.5) is 13.2 Å². The first-order valence-electron chi connectivity index (χ1n) is 5.09. The summed E-state index contributed by atoms with van der Waals surface area (Å²) >= 11 is 0. The predicted molar refractivity (Wildman–Crippen MR) is 58.2 cm³/mol. The number of ether oxygens (including phenoxy) is 1. The van der Waals surface area contributed by atoms with Crippen molar-refractivity contribution < 1.29 is 32.9 Å². The van der Waals surface area contributed by atoms with Crippen LogP contribution < -0.4 is 10.5 Å². The minimum atomic E-state index is -4.61. The monoisotopic (exact) mass is 279 g/mol. The maximum Gasteiger partial charge on any atom is 0.419 e. The van der Waals surface area contributed by atoms with E-state index < -0.39 is 35.6 Å². The summed E-state index contributed by atoms with van der Waals surface area (Å²) in [7, 11) is 1.03. The van der Waals surface area contributed by atoms with Crippen molar-refractivity contribution >= 4 is 5.91 Å². The van der Waals surface area contributed by atoms with Gasteiger partial charge in [-0.1, -0.05) is 6.07 Å². The highest BCUT2D eigenvalue weighted by Gasteiger charge is 2.35. The van der Waals surface area contributed by atoms with Crippen LogP contribution in [-0.2, 0) is 11.0 Å². The standard InChI is InChI=1S/C11H12F3NO4/c1-19-7-4-5(8(16)9(17)10(15)18)2-3-6(7)11(12,13)14/h2-4,8-9,16-17H,1H3,(H2,15,18). The molecule has 0 aliphatic carbocycles. The molecule has 8 heteroatoms. The minimum Gasteiger partial charge on any atom is -0.496 e. The number of aliphatic hydroxyl groups excluding tert-OH is 2. The van der Waals surface area contributed by atoms with Crippen molar-refractivity contribution in [2.24, 2.45) is 5.73 Å². The van der Waals surface area contributed by atoms with Gasteiger partial charge in [-0.15, -0.1) is 0 Å². The van der Waals surface area contributed by atoms with Crippen LogP contribution in [0.5, 0.6) is 5.75 Å². The Kier molecular flexibility index (Phi) is 4.38.